The fraction of sp³-hybridized carbons (Fsp3) is 0.571. The number of carbonyl (C=O) groups is 1. The van der Waals surface area contributed by atoms with E-state index < -0.39 is 5.60 Å². The zero-order valence-electron chi connectivity index (χ0n) is 15.5. The summed E-state index contributed by atoms with van der Waals surface area (Å²) in [6.07, 6.45) is 5.27. The number of hydrogen-bond donors (Lipinski definition) is 2. The molecular weight excluding hydrogens is 314 g/mol. The van der Waals surface area contributed by atoms with E-state index >= 15 is 0 Å². The van der Waals surface area contributed by atoms with Crippen LogP contribution in [0.1, 0.15) is 63.9 Å². The summed E-state index contributed by atoms with van der Waals surface area (Å²) < 4.78 is 5.81. The van der Waals surface area contributed by atoms with Crippen molar-refractivity contribution in [2.45, 2.75) is 63.9 Å². The van der Waals surface area contributed by atoms with Gasteiger partial charge in [-0.3, -0.25) is 0 Å². The molecule has 0 bridgehead atoms. The highest BCUT2D eigenvalue weighted by Crippen LogP contribution is 2.52. The van der Waals surface area contributed by atoms with Crippen molar-refractivity contribution in [3.63, 3.8) is 0 Å². The Kier molecular flexibility index (Phi) is 5.07. The van der Waals surface area contributed by atoms with Crippen molar-refractivity contribution < 1.29 is 14.6 Å². The molecule has 1 heterocycles. The molecule has 1 aromatic rings. The van der Waals surface area contributed by atoms with E-state index in [4.69, 9.17) is 4.74 Å². The monoisotopic (exact) mass is 343 g/mol. The van der Waals surface area contributed by atoms with Crippen molar-refractivity contribution in [1.82, 2.24) is 0 Å². The second-order valence-corrected chi connectivity index (χ2v) is 7.34. The van der Waals surface area contributed by atoms with E-state index in [0.717, 1.165) is 36.9 Å². The average molecular weight is 343 g/mol. The van der Waals surface area contributed by atoms with Gasteiger partial charge < -0.3 is 15.2 Å². The molecule has 1 saturated carbocycles. The second-order valence-electron chi connectivity index (χ2n) is 7.34. The molecule has 1 unspecified atom stereocenters. The van der Waals surface area contributed by atoms with Gasteiger partial charge in [-0.1, -0.05) is 38.8 Å². The Hall–Kier alpha value is -1.97. The van der Waals surface area contributed by atoms with Gasteiger partial charge in [-0.2, -0.15) is 0 Å². The van der Waals surface area contributed by atoms with Gasteiger partial charge in [-0.05, 0) is 49.3 Å². The highest BCUT2D eigenvalue weighted by atomic mass is 16.6. The maximum Gasteiger partial charge on any atom is 0.339 e. The quantitative estimate of drug-likeness (QED) is 0.657. The van der Waals surface area contributed by atoms with E-state index in [0.29, 0.717) is 24.3 Å². The van der Waals surface area contributed by atoms with Crippen LogP contribution in [-0.2, 0) is 9.53 Å². The van der Waals surface area contributed by atoms with Gasteiger partial charge in [-0.15, -0.1) is 0 Å². The second kappa shape index (κ2) is 7.11. The largest absolute Gasteiger partial charge is 0.507 e. The van der Waals surface area contributed by atoms with Crippen LogP contribution in [-0.4, -0.2) is 23.7 Å². The van der Waals surface area contributed by atoms with Crippen LogP contribution < -0.4 is 5.32 Å². The molecule has 1 aliphatic heterocycles. The standard InChI is InChI=1S/C21H29NO3/c1-4-11-21(12-5-2)19(23)18(20(24)25-21)17(14-9-10-14)15-7-6-8-16(13-15)22-3/h6-8,13-14,17,22-23H,4-5,9-12H2,1-3H3. The normalized spacial score (nSPS) is 20.5. The number of esters is 1. The van der Waals surface area contributed by atoms with Gasteiger partial charge in [0.05, 0.1) is 5.57 Å². The van der Waals surface area contributed by atoms with Crippen molar-refractivity contribution in [2.75, 3.05) is 12.4 Å². The first-order chi connectivity index (χ1) is 12.1. The van der Waals surface area contributed by atoms with Crippen molar-refractivity contribution in [1.29, 1.82) is 0 Å². The first-order valence-electron chi connectivity index (χ1n) is 9.51. The lowest BCUT2D eigenvalue weighted by molar-refractivity contribution is -0.149. The average Bonchev–Trinajstić information content (AvgIpc) is 3.40. The van der Waals surface area contributed by atoms with Crippen molar-refractivity contribution in [3.05, 3.63) is 41.2 Å². The first kappa shape index (κ1) is 17.8. The predicted molar refractivity (Wildman–Crippen MR) is 99.7 cm³/mol. The molecule has 1 aromatic carbocycles. The molecule has 1 atom stereocenters. The molecule has 0 saturated heterocycles. The molecule has 0 radical (unpaired) electrons. The van der Waals surface area contributed by atoms with Gasteiger partial charge in [0.1, 0.15) is 5.76 Å². The van der Waals surface area contributed by atoms with Gasteiger partial charge in [0.2, 0.25) is 0 Å². The minimum atomic E-state index is -0.816. The number of nitrogens with one attached hydrogen (secondary N) is 1. The Morgan fingerprint density at radius 1 is 1.28 bits per heavy atom. The Morgan fingerprint density at radius 2 is 1.96 bits per heavy atom. The number of hydrogen-bond acceptors (Lipinski definition) is 4. The van der Waals surface area contributed by atoms with Crippen LogP contribution in [0.5, 0.6) is 0 Å². The summed E-state index contributed by atoms with van der Waals surface area (Å²) in [7, 11) is 1.89. The Bertz CT molecular complexity index is 669. The number of rotatable bonds is 8. The molecule has 3 rings (SSSR count). The van der Waals surface area contributed by atoms with E-state index in [1.165, 1.54) is 0 Å². The topological polar surface area (TPSA) is 58.6 Å². The fourth-order valence-corrected chi connectivity index (χ4v) is 4.16. The molecule has 0 aromatic heterocycles. The van der Waals surface area contributed by atoms with Crippen LogP contribution in [0.4, 0.5) is 5.69 Å². The minimum absolute atomic E-state index is 0.0728. The zero-order chi connectivity index (χ0) is 18.0. The van der Waals surface area contributed by atoms with Crippen LogP contribution in [0.25, 0.3) is 0 Å². The molecule has 2 aliphatic rings. The molecule has 0 spiro atoms. The Morgan fingerprint density at radius 3 is 2.52 bits per heavy atom. The van der Waals surface area contributed by atoms with Crippen LogP contribution >= 0.6 is 0 Å². The summed E-state index contributed by atoms with van der Waals surface area (Å²) in [5, 5.41) is 14.2. The zero-order valence-corrected chi connectivity index (χ0v) is 15.5. The number of carbonyl (C=O) groups excluding carboxylic acids is 1. The Labute approximate surface area is 150 Å². The summed E-state index contributed by atoms with van der Waals surface area (Å²) in [5.74, 6) is 0.200. The van der Waals surface area contributed by atoms with Crippen molar-refractivity contribution in [2.24, 2.45) is 5.92 Å². The highest BCUT2D eigenvalue weighted by molar-refractivity contribution is 5.94. The van der Waals surface area contributed by atoms with Crippen molar-refractivity contribution in [3.8, 4) is 0 Å². The summed E-state index contributed by atoms with van der Waals surface area (Å²) in [6, 6.07) is 8.14. The molecular formula is C21H29NO3. The Balaban J connectivity index is 2.05. The molecule has 2 N–H and O–H groups in total. The van der Waals surface area contributed by atoms with Crippen molar-refractivity contribution >= 4 is 11.7 Å². The molecule has 136 valence electrons. The molecule has 0 amide bonds. The smallest absolute Gasteiger partial charge is 0.339 e. The molecule has 4 heteroatoms. The molecule has 4 nitrogen and oxygen atoms in total. The van der Waals surface area contributed by atoms with E-state index in [2.05, 4.69) is 31.3 Å². The van der Waals surface area contributed by atoms with Gasteiger partial charge in [0.25, 0.3) is 0 Å². The highest BCUT2D eigenvalue weighted by Gasteiger charge is 2.51. The number of aliphatic hydroxyl groups excluding tert-OH is 1. The van der Waals surface area contributed by atoms with Gasteiger partial charge >= 0.3 is 5.97 Å². The van der Waals surface area contributed by atoms with Gasteiger partial charge in [0, 0.05) is 18.7 Å². The molecule has 1 aliphatic carbocycles. The number of benzene rings is 1. The lowest BCUT2D eigenvalue weighted by Crippen LogP contribution is -2.31. The predicted octanol–water partition coefficient (Wildman–Crippen LogP) is 4.93. The van der Waals surface area contributed by atoms with E-state index in [-0.39, 0.29) is 17.6 Å². The molecule has 25 heavy (non-hydrogen) atoms. The number of ether oxygens (including phenoxy) is 1. The maximum atomic E-state index is 12.8. The third-order valence-corrected chi connectivity index (χ3v) is 5.44. The third kappa shape index (κ3) is 3.26. The third-order valence-electron chi connectivity index (χ3n) is 5.44. The van der Waals surface area contributed by atoms with Crippen LogP contribution in [0.15, 0.2) is 35.6 Å². The van der Waals surface area contributed by atoms with Gasteiger partial charge in [-0.25, -0.2) is 4.79 Å². The lowest BCUT2D eigenvalue weighted by atomic mass is 9.82. The molecule has 1 fully saturated rings. The summed E-state index contributed by atoms with van der Waals surface area (Å²) >= 11 is 0. The summed E-state index contributed by atoms with van der Waals surface area (Å²) in [6.45, 7) is 4.12. The summed E-state index contributed by atoms with van der Waals surface area (Å²) in [4.78, 5) is 12.8. The van der Waals surface area contributed by atoms with Gasteiger partial charge in [0.15, 0.2) is 5.60 Å². The fourth-order valence-electron chi connectivity index (χ4n) is 4.16. The number of aliphatic hydroxyl groups is 1. The maximum absolute atomic E-state index is 12.8. The van der Waals surface area contributed by atoms with E-state index in [1.54, 1.807) is 0 Å². The minimum Gasteiger partial charge on any atom is -0.507 e. The first-order valence-corrected chi connectivity index (χ1v) is 9.51. The number of cyclic esters (lactones) is 1. The van der Waals surface area contributed by atoms with Crippen LogP contribution in [0, 0.1) is 5.92 Å². The van der Waals surface area contributed by atoms with E-state index in [9.17, 15) is 9.90 Å². The van der Waals surface area contributed by atoms with Crippen LogP contribution in [0.3, 0.4) is 0 Å². The number of anilines is 1. The van der Waals surface area contributed by atoms with Crippen LogP contribution in [0.2, 0.25) is 0 Å². The van der Waals surface area contributed by atoms with E-state index in [1.807, 2.05) is 19.2 Å². The SMILES string of the molecule is CCCC1(CCC)OC(=O)C(C(c2cccc(NC)c2)C2CC2)=C1O. The summed E-state index contributed by atoms with van der Waals surface area (Å²) in [5.41, 5.74) is 1.78. The lowest BCUT2D eigenvalue weighted by Gasteiger charge is -2.27.